The zero-order chi connectivity index (χ0) is 22.2. The SMILES string of the molecule is CS(=O)(=O)Nc1cccc(C2=NN(S(=O)(=O)c3ccc(F)cc3)[C@H](c3cccs3)C2)c1. The van der Waals surface area contributed by atoms with E-state index < -0.39 is 31.9 Å². The van der Waals surface area contributed by atoms with E-state index in [4.69, 9.17) is 0 Å². The number of thiophene rings is 1. The van der Waals surface area contributed by atoms with Gasteiger partial charge in [-0.15, -0.1) is 11.3 Å². The van der Waals surface area contributed by atoms with Crippen LogP contribution in [0, 0.1) is 5.82 Å². The number of hydrazone groups is 1. The molecule has 31 heavy (non-hydrogen) atoms. The van der Waals surface area contributed by atoms with Crippen molar-refractivity contribution in [2.24, 2.45) is 5.10 Å². The molecular formula is C20H18FN3O4S3. The average molecular weight is 480 g/mol. The van der Waals surface area contributed by atoms with Crippen LogP contribution in [0.1, 0.15) is 22.9 Å². The maximum atomic E-state index is 13.3. The number of benzene rings is 2. The summed E-state index contributed by atoms with van der Waals surface area (Å²) in [5.74, 6) is -0.533. The molecule has 0 bridgehead atoms. The lowest BCUT2D eigenvalue weighted by atomic mass is 10.0. The summed E-state index contributed by atoms with van der Waals surface area (Å²) in [6.07, 6.45) is 1.36. The maximum absolute atomic E-state index is 13.3. The summed E-state index contributed by atoms with van der Waals surface area (Å²) >= 11 is 1.41. The van der Waals surface area contributed by atoms with Crippen LogP contribution < -0.4 is 4.72 Å². The molecule has 0 radical (unpaired) electrons. The molecule has 1 atom stereocenters. The predicted molar refractivity (Wildman–Crippen MR) is 119 cm³/mol. The Kier molecular flexibility index (Phi) is 5.58. The smallest absolute Gasteiger partial charge is 0.279 e. The second-order valence-corrected chi connectivity index (χ2v) is 11.5. The van der Waals surface area contributed by atoms with Gasteiger partial charge in [0.1, 0.15) is 11.9 Å². The lowest BCUT2D eigenvalue weighted by Crippen LogP contribution is -2.26. The second-order valence-electron chi connectivity index (χ2n) is 6.97. The van der Waals surface area contributed by atoms with Gasteiger partial charge in [0.25, 0.3) is 10.0 Å². The first-order valence-corrected chi connectivity index (χ1v) is 13.3. The van der Waals surface area contributed by atoms with Crippen LogP contribution in [0.2, 0.25) is 0 Å². The van der Waals surface area contributed by atoms with Crippen molar-refractivity contribution in [3.8, 4) is 0 Å². The number of rotatable bonds is 6. The molecule has 0 saturated heterocycles. The molecule has 7 nitrogen and oxygen atoms in total. The molecule has 0 saturated carbocycles. The van der Waals surface area contributed by atoms with Crippen molar-refractivity contribution in [1.82, 2.24) is 4.41 Å². The molecule has 1 aliphatic rings. The van der Waals surface area contributed by atoms with Crippen molar-refractivity contribution < 1.29 is 21.2 Å². The number of nitrogens with one attached hydrogen (secondary N) is 1. The van der Waals surface area contributed by atoms with Crippen molar-refractivity contribution in [2.75, 3.05) is 11.0 Å². The minimum Gasteiger partial charge on any atom is -0.284 e. The third-order valence-electron chi connectivity index (χ3n) is 4.60. The molecule has 1 N–H and O–H groups in total. The minimum absolute atomic E-state index is 0.0621. The van der Waals surface area contributed by atoms with Gasteiger partial charge in [0.15, 0.2) is 0 Å². The number of nitrogens with zero attached hydrogens (tertiary/aromatic N) is 2. The zero-order valence-corrected chi connectivity index (χ0v) is 18.7. The van der Waals surface area contributed by atoms with Gasteiger partial charge >= 0.3 is 0 Å². The number of halogens is 1. The number of anilines is 1. The van der Waals surface area contributed by atoms with Gasteiger partial charge in [0.05, 0.1) is 16.9 Å². The first kappa shape index (κ1) is 21.5. The molecule has 4 rings (SSSR count). The zero-order valence-electron chi connectivity index (χ0n) is 16.3. The summed E-state index contributed by atoms with van der Waals surface area (Å²) in [7, 11) is -7.50. The fourth-order valence-corrected chi connectivity index (χ4v) is 6.13. The van der Waals surface area contributed by atoms with Gasteiger partial charge < -0.3 is 0 Å². The standard InChI is InChI=1S/C20H18FN3O4S3/c1-30(25,26)23-16-5-2-4-14(12-16)18-13-19(20-6-3-11-29-20)24(22-18)31(27,28)17-9-7-15(21)8-10-17/h2-12,19,23H,13H2,1H3/t19-/m0/s1. The molecule has 11 heteroatoms. The lowest BCUT2D eigenvalue weighted by molar-refractivity contribution is 0.375. The molecule has 162 valence electrons. The summed E-state index contributed by atoms with van der Waals surface area (Å²) in [5, 5.41) is 6.26. The van der Waals surface area contributed by atoms with E-state index in [0.29, 0.717) is 23.4 Å². The molecular weight excluding hydrogens is 461 g/mol. The van der Waals surface area contributed by atoms with Crippen molar-refractivity contribution in [3.63, 3.8) is 0 Å². The highest BCUT2D eigenvalue weighted by molar-refractivity contribution is 7.92. The Bertz CT molecular complexity index is 1340. The number of hydrogen-bond acceptors (Lipinski definition) is 6. The molecule has 0 fully saturated rings. The summed E-state index contributed by atoms with van der Waals surface area (Å²) in [4.78, 5) is 0.753. The van der Waals surface area contributed by atoms with E-state index in [1.807, 2.05) is 17.5 Å². The van der Waals surface area contributed by atoms with E-state index in [-0.39, 0.29) is 4.90 Å². The van der Waals surface area contributed by atoms with E-state index in [1.54, 1.807) is 24.3 Å². The molecule has 0 spiro atoms. The quantitative estimate of drug-likeness (QED) is 0.582. The van der Waals surface area contributed by atoms with Gasteiger partial charge in [0, 0.05) is 17.0 Å². The Morgan fingerprint density at radius 2 is 1.81 bits per heavy atom. The van der Waals surface area contributed by atoms with Crippen LogP contribution in [-0.2, 0) is 20.0 Å². The van der Waals surface area contributed by atoms with Crippen molar-refractivity contribution in [2.45, 2.75) is 17.4 Å². The van der Waals surface area contributed by atoms with Gasteiger partial charge in [-0.3, -0.25) is 4.72 Å². The molecule has 0 amide bonds. The van der Waals surface area contributed by atoms with Crippen LogP contribution in [0.4, 0.5) is 10.1 Å². The molecule has 0 aliphatic carbocycles. The van der Waals surface area contributed by atoms with Gasteiger partial charge in [-0.2, -0.15) is 17.9 Å². The topological polar surface area (TPSA) is 95.9 Å². The third kappa shape index (κ3) is 4.63. The molecule has 0 unspecified atom stereocenters. The van der Waals surface area contributed by atoms with E-state index in [0.717, 1.165) is 27.7 Å². The Labute approximate surface area is 184 Å². The largest absolute Gasteiger partial charge is 0.284 e. The van der Waals surface area contributed by atoms with Crippen LogP contribution in [0.25, 0.3) is 0 Å². The highest BCUT2D eigenvalue weighted by Gasteiger charge is 2.38. The fraction of sp³-hybridized carbons (Fsp3) is 0.150. The van der Waals surface area contributed by atoms with Crippen molar-refractivity contribution in [1.29, 1.82) is 0 Å². The predicted octanol–water partition coefficient (Wildman–Crippen LogP) is 3.80. The summed E-state index contributed by atoms with van der Waals surface area (Å²) in [5.41, 5.74) is 1.46. The van der Waals surface area contributed by atoms with Crippen LogP contribution in [-0.4, -0.2) is 33.2 Å². The van der Waals surface area contributed by atoms with Crippen LogP contribution in [0.15, 0.2) is 76.0 Å². The Hall–Kier alpha value is -2.76. The second kappa shape index (κ2) is 8.06. The van der Waals surface area contributed by atoms with Crippen molar-refractivity contribution in [3.05, 3.63) is 82.3 Å². The van der Waals surface area contributed by atoms with E-state index in [9.17, 15) is 21.2 Å². The first-order valence-electron chi connectivity index (χ1n) is 9.12. The molecule has 1 aliphatic heterocycles. The van der Waals surface area contributed by atoms with Crippen molar-refractivity contribution >= 4 is 42.8 Å². The Morgan fingerprint density at radius 1 is 1.06 bits per heavy atom. The normalized spacial score (nSPS) is 16.9. The summed E-state index contributed by atoms with van der Waals surface area (Å²) in [6, 6.07) is 14.3. The molecule has 2 heterocycles. The average Bonchev–Trinajstić information content (AvgIpc) is 3.37. The van der Waals surface area contributed by atoms with Gasteiger partial charge in [-0.25, -0.2) is 12.8 Å². The third-order valence-corrected chi connectivity index (χ3v) is 7.88. The van der Waals surface area contributed by atoms with Gasteiger partial charge in [-0.05, 0) is 53.4 Å². The Balaban J connectivity index is 1.76. The number of sulfonamides is 2. The molecule has 2 aromatic carbocycles. The summed E-state index contributed by atoms with van der Waals surface area (Å²) in [6.45, 7) is 0. The monoisotopic (exact) mass is 479 g/mol. The highest BCUT2D eigenvalue weighted by Crippen LogP contribution is 2.39. The van der Waals surface area contributed by atoms with E-state index in [1.165, 1.54) is 23.5 Å². The lowest BCUT2D eigenvalue weighted by Gasteiger charge is -2.22. The van der Waals surface area contributed by atoms with Gasteiger partial charge in [-0.1, -0.05) is 18.2 Å². The van der Waals surface area contributed by atoms with Crippen LogP contribution >= 0.6 is 11.3 Å². The van der Waals surface area contributed by atoms with Crippen LogP contribution in [0.5, 0.6) is 0 Å². The molecule has 3 aromatic rings. The van der Waals surface area contributed by atoms with Gasteiger partial charge in [0.2, 0.25) is 10.0 Å². The number of hydrogen-bond donors (Lipinski definition) is 1. The van der Waals surface area contributed by atoms with E-state index in [2.05, 4.69) is 9.82 Å². The fourth-order valence-electron chi connectivity index (χ4n) is 3.27. The summed E-state index contributed by atoms with van der Waals surface area (Å²) < 4.78 is 66.5. The maximum Gasteiger partial charge on any atom is 0.279 e. The highest BCUT2D eigenvalue weighted by atomic mass is 32.2. The minimum atomic E-state index is -4.04. The Morgan fingerprint density at radius 3 is 2.45 bits per heavy atom. The first-order chi connectivity index (χ1) is 14.6. The van der Waals surface area contributed by atoms with E-state index >= 15 is 0 Å². The molecule has 1 aromatic heterocycles. The van der Waals surface area contributed by atoms with Crippen LogP contribution in [0.3, 0.4) is 0 Å².